The van der Waals surface area contributed by atoms with E-state index in [1.807, 2.05) is 0 Å². The van der Waals surface area contributed by atoms with Crippen LogP contribution in [0.1, 0.15) is 32.6 Å². The molecule has 0 amide bonds. The molecule has 0 saturated heterocycles. The molecule has 2 aromatic heterocycles. The van der Waals surface area contributed by atoms with Gasteiger partial charge in [0.05, 0.1) is 5.39 Å². The Bertz CT molecular complexity index is 571. The normalized spacial score (nSPS) is 12.1. The molecule has 0 unspecified atom stereocenters. The minimum Gasteiger partial charge on any atom is -0.358 e. The monoisotopic (exact) mass is 292 g/mol. The lowest BCUT2D eigenvalue weighted by molar-refractivity contribution is 0.430. The molecule has 1 N–H and O–H groups in total. The van der Waals surface area contributed by atoms with Gasteiger partial charge in [-0.15, -0.1) is 11.3 Å². The quantitative estimate of drug-likeness (QED) is 0.919. The molecule has 5 heteroatoms. The first kappa shape index (κ1) is 15.2. The third kappa shape index (κ3) is 3.67. The summed E-state index contributed by atoms with van der Waals surface area (Å²) >= 11 is 1.76. The molecule has 0 bridgehead atoms. The first-order valence-corrected chi connectivity index (χ1v) is 7.92. The van der Waals surface area contributed by atoms with E-state index in [0.717, 1.165) is 30.2 Å². The molecule has 0 aliphatic rings. The summed E-state index contributed by atoms with van der Waals surface area (Å²) in [6.45, 7) is 10.6. The smallest absolute Gasteiger partial charge is 0.140 e. The number of hydrogen-bond acceptors (Lipinski definition) is 5. The van der Waals surface area contributed by atoms with E-state index < -0.39 is 0 Å². The van der Waals surface area contributed by atoms with Crippen molar-refractivity contribution in [1.29, 1.82) is 0 Å². The summed E-state index contributed by atoms with van der Waals surface area (Å²) in [6.07, 6.45) is 2.72. The molecule has 0 fully saturated rings. The zero-order valence-corrected chi connectivity index (χ0v) is 13.8. The molecule has 0 atom stereocenters. The van der Waals surface area contributed by atoms with Gasteiger partial charge in [-0.25, -0.2) is 9.97 Å². The highest BCUT2D eigenvalue weighted by atomic mass is 32.1. The predicted octanol–water partition coefficient (Wildman–Crippen LogP) is 3.08. The number of nitrogens with one attached hydrogen (secondary N) is 1. The molecule has 110 valence electrons. The largest absolute Gasteiger partial charge is 0.358 e. The number of nitrogens with zero attached hydrogens (tertiary/aromatic N) is 3. The van der Waals surface area contributed by atoms with Gasteiger partial charge in [-0.1, -0.05) is 6.92 Å². The van der Waals surface area contributed by atoms with Gasteiger partial charge in [0.1, 0.15) is 17.0 Å². The molecule has 0 aliphatic carbocycles. The topological polar surface area (TPSA) is 41.0 Å². The van der Waals surface area contributed by atoms with Gasteiger partial charge in [-0.3, -0.25) is 0 Å². The van der Waals surface area contributed by atoms with E-state index in [1.165, 1.54) is 10.3 Å². The SMILES string of the molecule is CCc1cc2c(N(C)CCNC(C)(C)C)ncnc2s1. The maximum atomic E-state index is 4.46. The molecule has 0 aliphatic heterocycles. The average Bonchev–Trinajstić information content (AvgIpc) is 2.79. The van der Waals surface area contributed by atoms with Crippen molar-refractivity contribution in [3.05, 3.63) is 17.3 Å². The Morgan fingerprint density at radius 3 is 2.70 bits per heavy atom. The summed E-state index contributed by atoms with van der Waals surface area (Å²) in [5.74, 6) is 1.03. The van der Waals surface area contributed by atoms with Gasteiger partial charge in [-0.2, -0.15) is 0 Å². The lowest BCUT2D eigenvalue weighted by Gasteiger charge is -2.24. The van der Waals surface area contributed by atoms with Gasteiger partial charge < -0.3 is 10.2 Å². The molecule has 4 nitrogen and oxygen atoms in total. The van der Waals surface area contributed by atoms with Crippen LogP contribution in [0.3, 0.4) is 0 Å². The lowest BCUT2D eigenvalue weighted by Crippen LogP contribution is -2.40. The van der Waals surface area contributed by atoms with Crippen LogP contribution in [0.4, 0.5) is 5.82 Å². The van der Waals surface area contributed by atoms with Crippen LogP contribution in [-0.4, -0.2) is 35.6 Å². The highest BCUT2D eigenvalue weighted by molar-refractivity contribution is 7.18. The number of rotatable bonds is 5. The molecule has 2 aromatic rings. The minimum atomic E-state index is 0.152. The number of aryl methyl sites for hydroxylation is 1. The van der Waals surface area contributed by atoms with E-state index in [1.54, 1.807) is 17.7 Å². The van der Waals surface area contributed by atoms with Crippen molar-refractivity contribution in [2.75, 3.05) is 25.0 Å². The third-order valence-corrected chi connectivity index (χ3v) is 4.36. The maximum Gasteiger partial charge on any atom is 0.140 e. The number of aromatic nitrogens is 2. The van der Waals surface area contributed by atoms with E-state index in [9.17, 15) is 0 Å². The second-order valence-electron chi connectivity index (χ2n) is 6.08. The molecule has 0 radical (unpaired) electrons. The number of fused-ring (bicyclic) bond motifs is 1. The molecular formula is C15H24N4S. The maximum absolute atomic E-state index is 4.46. The summed E-state index contributed by atoms with van der Waals surface area (Å²) in [5, 5.41) is 4.68. The molecule has 2 rings (SSSR count). The zero-order valence-electron chi connectivity index (χ0n) is 13.0. The molecule has 0 saturated carbocycles. The van der Waals surface area contributed by atoms with Gasteiger partial charge in [-0.05, 0) is 33.3 Å². The van der Waals surface area contributed by atoms with Gasteiger partial charge in [0.2, 0.25) is 0 Å². The Balaban J connectivity index is 2.13. The van der Waals surface area contributed by atoms with Crippen LogP contribution in [0.5, 0.6) is 0 Å². The summed E-state index contributed by atoms with van der Waals surface area (Å²) in [5.41, 5.74) is 0.152. The van der Waals surface area contributed by atoms with Crippen molar-refractivity contribution in [3.8, 4) is 0 Å². The fourth-order valence-electron chi connectivity index (χ4n) is 2.08. The number of hydrogen-bond donors (Lipinski definition) is 1. The van der Waals surface area contributed by atoms with Crippen molar-refractivity contribution in [2.24, 2.45) is 0 Å². The highest BCUT2D eigenvalue weighted by Crippen LogP contribution is 2.29. The Labute approximate surface area is 125 Å². The van der Waals surface area contributed by atoms with Gasteiger partial charge in [0.15, 0.2) is 0 Å². The Kier molecular flexibility index (Phi) is 4.60. The number of likely N-dealkylation sites (N-methyl/N-ethyl adjacent to an activating group) is 1. The van der Waals surface area contributed by atoms with E-state index in [0.29, 0.717) is 0 Å². The fourth-order valence-corrected chi connectivity index (χ4v) is 3.01. The summed E-state index contributed by atoms with van der Waals surface area (Å²) in [4.78, 5) is 13.5. The standard InChI is InChI=1S/C15H24N4S/c1-6-11-9-12-13(16-10-17-14(12)20-11)19(5)8-7-18-15(2,3)4/h9-10,18H,6-8H2,1-5H3. The second-order valence-corrected chi connectivity index (χ2v) is 7.20. The van der Waals surface area contributed by atoms with E-state index in [4.69, 9.17) is 0 Å². The Hall–Kier alpha value is -1.20. The first-order chi connectivity index (χ1) is 9.40. The predicted molar refractivity (Wildman–Crippen MR) is 87.8 cm³/mol. The molecular weight excluding hydrogens is 268 g/mol. The van der Waals surface area contributed by atoms with Gasteiger partial charge >= 0.3 is 0 Å². The van der Waals surface area contributed by atoms with Crippen LogP contribution in [0.2, 0.25) is 0 Å². The van der Waals surface area contributed by atoms with Crippen LogP contribution >= 0.6 is 11.3 Å². The van der Waals surface area contributed by atoms with Crippen molar-refractivity contribution >= 4 is 27.4 Å². The molecule has 0 aromatic carbocycles. The van der Waals surface area contributed by atoms with Crippen molar-refractivity contribution in [1.82, 2.24) is 15.3 Å². The third-order valence-electron chi connectivity index (χ3n) is 3.17. The average molecular weight is 292 g/mol. The van der Waals surface area contributed by atoms with Crippen LogP contribution in [0.15, 0.2) is 12.4 Å². The summed E-state index contributed by atoms with van der Waals surface area (Å²) in [7, 11) is 2.09. The van der Waals surface area contributed by atoms with Crippen LogP contribution in [0, 0.1) is 0 Å². The van der Waals surface area contributed by atoms with Gasteiger partial charge in [0.25, 0.3) is 0 Å². The number of thiophene rings is 1. The van der Waals surface area contributed by atoms with Crippen LogP contribution in [0.25, 0.3) is 10.2 Å². The van der Waals surface area contributed by atoms with E-state index in [2.05, 4.69) is 61.0 Å². The van der Waals surface area contributed by atoms with Crippen LogP contribution < -0.4 is 10.2 Å². The van der Waals surface area contributed by atoms with E-state index in [-0.39, 0.29) is 5.54 Å². The van der Waals surface area contributed by atoms with Gasteiger partial charge in [0, 0.05) is 30.6 Å². The number of anilines is 1. The molecule has 20 heavy (non-hydrogen) atoms. The lowest BCUT2D eigenvalue weighted by atomic mass is 10.1. The summed E-state index contributed by atoms with van der Waals surface area (Å²) in [6, 6.07) is 2.23. The van der Waals surface area contributed by atoms with Crippen molar-refractivity contribution < 1.29 is 0 Å². The zero-order chi connectivity index (χ0) is 14.8. The minimum absolute atomic E-state index is 0.152. The fraction of sp³-hybridized carbons (Fsp3) is 0.600. The second kappa shape index (κ2) is 6.06. The Morgan fingerprint density at radius 1 is 1.30 bits per heavy atom. The Morgan fingerprint density at radius 2 is 2.05 bits per heavy atom. The molecule has 0 spiro atoms. The molecule has 2 heterocycles. The van der Waals surface area contributed by atoms with Crippen molar-refractivity contribution in [2.45, 2.75) is 39.7 Å². The first-order valence-electron chi connectivity index (χ1n) is 7.10. The van der Waals surface area contributed by atoms with Crippen molar-refractivity contribution in [3.63, 3.8) is 0 Å². The summed E-state index contributed by atoms with van der Waals surface area (Å²) < 4.78 is 0. The van der Waals surface area contributed by atoms with E-state index >= 15 is 0 Å². The highest BCUT2D eigenvalue weighted by Gasteiger charge is 2.13. The van der Waals surface area contributed by atoms with Crippen LogP contribution in [-0.2, 0) is 6.42 Å².